The molecule has 0 aromatic carbocycles. The van der Waals surface area contributed by atoms with E-state index in [4.69, 9.17) is 0 Å². The van der Waals surface area contributed by atoms with Crippen molar-refractivity contribution in [3.63, 3.8) is 0 Å². The minimum Gasteiger partial charge on any atom is -0.355 e. The summed E-state index contributed by atoms with van der Waals surface area (Å²) in [5.41, 5.74) is -0.294. The number of amides is 1. The maximum absolute atomic E-state index is 12.8. The van der Waals surface area contributed by atoms with Gasteiger partial charge in [-0.3, -0.25) is 4.79 Å². The van der Waals surface area contributed by atoms with Crippen LogP contribution >= 0.6 is 12.4 Å². The average Bonchev–Trinajstić information content (AvgIpc) is 3.05. The molecule has 10 heteroatoms. The van der Waals surface area contributed by atoms with Gasteiger partial charge in [-0.1, -0.05) is 12.8 Å². The molecule has 152 valence electrons. The number of rotatable bonds is 5. The molecule has 1 amide bonds. The van der Waals surface area contributed by atoms with E-state index in [-0.39, 0.29) is 42.7 Å². The normalized spacial score (nSPS) is 30.7. The molecule has 2 atom stereocenters. The van der Waals surface area contributed by atoms with E-state index < -0.39 is 15.8 Å². The lowest BCUT2D eigenvalue weighted by Crippen LogP contribution is -2.50. The Bertz CT molecular complexity index is 600. The molecule has 0 radical (unpaired) electrons. The third kappa shape index (κ3) is 4.15. The number of sulfonamides is 1. The average molecular weight is 416 g/mol. The van der Waals surface area contributed by atoms with Crippen molar-refractivity contribution < 1.29 is 22.0 Å². The van der Waals surface area contributed by atoms with Crippen LogP contribution in [-0.2, 0) is 14.8 Å². The SMILES string of the molecule is Cl.O=C(NCC1CCN(S(=O)(=O)C(F)F)CC1)[C@@]12CCCC[C@H]1CNC2. The lowest BCUT2D eigenvalue weighted by Gasteiger charge is -2.38. The minimum atomic E-state index is -4.48. The van der Waals surface area contributed by atoms with Crippen LogP contribution in [0.1, 0.15) is 38.5 Å². The number of carbonyl (C=O) groups is 1. The van der Waals surface area contributed by atoms with Crippen LogP contribution in [0, 0.1) is 17.3 Å². The first-order chi connectivity index (χ1) is 11.9. The monoisotopic (exact) mass is 415 g/mol. The highest BCUT2D eigenvalue weighted by Crippen LogP contribution is 2.43. The summed E-state index contributed by atoms with van der Waals surface area (Å²) in [6, 6.07) is 0. The molecule has 3 rings (SSSR count). The topological polar surface area (TPSA) is 78.5 Å². The zero-order valence-electron chi connectivity index (χ0n) is 14.8. The minimum absolute atomic E-state index is 0. The van der Waals surface area contributed by atoms with E-state index >= 15 is 0 Å². The summed E-state index contributed by atoms with van der Waals surface area (Å²) in [4.78, 5) is 12.8. The molecule has 0 aromatic heterocycles. The van der Waals surface area contributed by atoms with Gasteiger partial charge in [0.05, 0.1) is 5.41 Å². The Morgan fingerprint density at radius 2 is 1.92 bits per heavy atom. The molecule has 0 unspecified atom stereocenters. The van der Waals surface area contributed by atoms with Gasteiger partial charge in [0.15, 0.2) is 0 Å². The zero-order valence-corrected chi connectivity index (χ0v) is 16.4. The largest absolute Gasteiger partial charge is 0.355 e. The molecule has 0 bridgehead atoms. The van der Waals surface area contributed by atoms with Crippen molar-refractivity contribution in [3.8, 4) is 0 Å². The fraction of sp³-hybridized carbons (Fsp3) is 0.938. The quantitative estimate of drug-likeness (QED) is 0.714. The Kier molecular flexibility index (Phi) is 7.26. The maximum Gasteiger partial charge on any atom is 0.350 e. The molecule has 0 aromatic rings. The van der Waals surface area contributed by atoms with Gasteiger partial charge in [-0.2, -0.15) is 13.1 Å². The van der Waals surface area contributed by atoms with Crippen LogP contribution in [0.25, 0.3) is 0 Å². The highest BCUT2D eigenvalue weighted by molar-refractivity contribution is 7.89. The van der Waals surface area contributed by atoms with Crippen molar-refractivity contribution in [2.45, 2.75) is 44.3 Å². The van der Waals surface area contributed by atoms with Gasteiger partial charge >= 0.3 is 5.76 Å². The number of halogens is 3. The number of piperidine rings is 1. The third-order valence-electron chi connectivity index (χ3n) is 6.20. The fourth-order valence-electron chi connectivity index (χ4n) is 4.58. The van der Waals surface area contributed by atoms with E-state index in [1.165, 1.54) is 6.42 Å². The fourth-order valence-corrected chi connectivity index (χ4v) is 5.53. The standard InChI is InChI=1S/C16H27F2N3O3S.ClH/c17-15(18)25(23,24)21-7-4-12(5-8-21)9-20-14(22)16-6-2-1-3-13(16)10-19-11-16;/h12-13,15,19H,1-11H2,(H,20,22);1H/t13-,16+;/m0./s1. The van der Waals surface area contributed by atoms with E-state index in [0.29, 0.717) is 25.3 Å². The maximum atomic E-state index is 12.8. The highest BCUT2D eigenvalue weighted by Gasteiger charge is 2.49. The van der Waals surface area contributed by atoms with E-state index in [2.05, 4.69) is 10.6 Å². The van der Waals surface area contributed by atoms with Crippen LogP contribution in [0.15, 0.2) is 0 Å². The molecule has 26 heavy (non-hydrogen) atoms. The molecule has 0 spiro atoms. The summed E-state index contributed by atoms with van der Waals surface area (Å²) in [6.45, 7) is 2.33. The predicted octanol–water partition coefficient (Wildman–Crippen LogP) is 1.57. The van der Waals surface area contributed by atoms with Crippen molar-refractivity contribution in [1.82, 2.24) is 14.9 Å². The molecule has 1 aliphatic carbocycles. The first kappa shape index (κ1) is 21.8. The van der Waals surface area contributed by atoms with Crippen molar-refractivity contribution >= 4 is 28.3 Å². The number of nitrogens with zero attached hydrogens (tertiary/aromatic N) is 1. The number of fused-ring (bicyclic) bond motifs is 1. The van der Waals surface area contributed by atoms with E-state index in [1.807, 2.05) is 0 Å². The van der Waals surface area contributed by atoms with Crippen molar-refractivity contribution in [3.05, 3.63) is 0 Å². The molecule has 1 saturated carbocycles. The molecule has 2 saturated heterocycles. The van der Waals surface area contributed by atoms with Gasteiger partial charge in [-0.05, 0) is 44.1 Å². The van der Waals surface area contributed by atoms with Crippen molar-refractivity contribution in [2.24, 2.45) is 17.3 Å². The van der Waals surface area contributed by atoms with E-state index in [0.717, 1.165) is 36.7 Å². The Morgan fingerprint density at radius 1 is 1.23 bits per heavy atom. The van der Waals surface area contributed by atoms with Gasteiger partial charge in [0.1, 0.15) is 0 Å². The van der Waals surface area contributed by atoms with Crippen LogP contribution in [0.4, 0.5) is 8.78 Å². The Hall–Kier alpha value is -0.510. The second-order valence-corrected chi connectivity index (χ2v) is 9.49. The van der Waals surface area contributed by atoms with Gasteiger partial charge in [-0.25, -0.2) is 8.42 Å². The summed E-state index contributed by atoms with van der Waals surface area (Å²) in [5.74, 6) is -2.72. The van der Waals surface area contributed by atoms with Crippen molar-refractivity contribution in [2.75, 3.05) is 32.7 Å². The highest BCUT2D eigenvalue weighted by atomic mass is 35.5. The molecule has 2 N–H and O–H groups in total. The zero-order chi connectivity index (χ0) is 18.1. The summed E-state index contributed by atoms with van der Waals surface area (Å²) >= 11 is 0. The Morgan fingerprint density at radius 3 is 2.58 bits per heavy atom. The molecular formula is C16H28ClF2N3O3S. The predicted molar refractivity (Wildman–Crippen MR) is 96.7 cm³/mol. The van der Waals surface area contributed by atoms with Crippen molar-refractivity contribution in [1.29, 1.82) is 0 Å². The summed E-state index contributed by atoms with van der Waals surface area (Å²) in [6.07, 6.45) is 5.27. The van der Waals surface area contributed by atoms with Gasteiger partial charge in [-0.15, -0.1) is 12.4 Å². The Labute approximate surface area is 159 Å². The molecule has 2 heterocycles. The first-order valence-electron chi connectivity index (χ1n) is 9.12. The van der Waals surface area contributed by atoms with Gasteiger partial charge in [0.2, 0.25) is 5.91 Å². The second-order valence-electron chi connectivity index (χ2n) is 7.59. The number of hydrogen-bond donors (Lipinski definition) is 2. The van der Waals surface area contributed by atoms with Crippen LogP contribution < -0.4 is 10.6 Å². The van der Waals surface area contributed by atoms with E-state index in [9.17, 15) is 22.0 Å². The van der Waals surface area contributed by atoms with Crippen LogP contribution in [0.5, 0.6) is 0 Å². The Balaban J connectivity index is 0.00000243. The summed E-state index contributed by atoms with van der Waals surface area (Å²) in [5, 5.41) is 6.42. The number of carbonyl (C=O) groups excluding carboxylic acids is 1. The van der Waals surface area contributed by atoms with E-state index in [1.54, 1.807) is 0 Å². The molecule has 3 fully saturated rings. The lowest BCUT2D eigenvalue weighted by atomic mass is 9.67. The third-order valence-corrected chi connectivity index (χ3v) is 7.74. The first-order valence-corrected chi connectivity index (χ1v) is 10.6. The van der Waals surface area contributed by atoms with Crippen LogP contribution in [0.3, 0.4) is 0 Å². The van der Waals surface area contributed by atoms with Gasteiger partial charge in [0, 0.05) is 26.2 Å². The molecular weight excluding hydrogens is 388 g/mol. The van der Waals surface area contributed by atoms with Gasteiger partial charge in [0.25, 0.3) is 10.0 Å². The molecule has 3 aliphatic rings. The molecule has 2 aliphatic heterocycles. The number of hydrogen-bond acceptors (Lipinski definition) is 4. The van der Waals surface area contributed by atoms with Crippen LogP contribution in [-0.4, -0.2) is 57.1 Å². The summed E-state index contributed by atoms with van der Waals surface area (Å²) in [7, 11) is -4.48. The summed E-state index contributed by atoms with van der Waals surface area (Å²) < 4.78 is 49.0. The van der Waals surface area contributed by atoms with Gasteiger partial charge < -0.3 is 10.6 Å². The number of nitrogens with one attached hydrogen (secondary N) is 2. The molecule has 6 nitrogen and oxygen atoms in total. The second kappa shape index (κ2) is 8.67. The lowest BCUT2D eigenvalue weighted by molar-refractivity contribution is -0.134. The van der Waals surface area contributed by atoms with Crippen LogP contribution in [0.2, 0.25) is 0 Å². The number of alkyl halides is 2. The smallest absolute Gasteiger partial charge is 0.350 e.